The van der Waals surface area contributed by atoms with Gasteiger partial charge in [-0.15, -0.1) is 0 Å². The fourth-order valence-corrected chi connectivity index (χ4v) is 8.35. The molecule has 0 amide bonds. The van der Waals surface area contributed by atoms with Gasteiger partial charge in [0, 0.05) is 30.4 Å². The zero-order chi connectivity index (χ0) is 30.0. The van der Waals surface area contributed by atoms with Crippen LogP contribution < -0.4 is 9.47 Å². The Labute approximate surface area is 249 Å². The lowest BCUT2D eigenvalue weighted by atomic mass is 9.98. The van der Waals surface area contributed by atoms with Crippen molar-refractivity contribution in [1.82, 2.24) is 0 Å². The van der Waals surface area contributed by atoms with Gasteiger partial charge in [0.25, 0.3) is 21.0 Å². The molecule has 1 aliphatic heterocycles. The Kier molecular flexibility index (Phi) is 7.14. The van der Waals surface area contributed by atoms with Crippen LogP contribution in [0.4, 0.5) is 5.69 Å². The third-order valence-electron chi connectivity index (χ3n) is 8.13. The van der Waals surface area contributed by atoms with Gasteiger partial charge in [-0.25, -0.2) is 0 Å². The van der Waals surface area contributed by atoms with E-state index in [4.69, 9.17) is 0 Å². The van der Waals surface area contributed by atoms with E-state index < -0.39 is 26.1 Å². The van der Waals surface area contributed by atoms with Crippen molar-refractivity contribution in [2.45, 2.75) is 39.5 Å². The molecule has 8 nitrogen and oxygen atoms in total. The van der Waals surface area contributed by atoms with Crippen LogP contribution in [0.5, 0.6) is 0 Å². The summed E-state index contributed by atoms with van der Waals surface area (Å²) in [7, 11) is -8.51. The highest BCUT2D eigenvalue weighted by atomic mass is 32.2. The maximum Gasteiger partial charge on any atom is 0.326 e. The van der Waals surface area contributed by atoms with Crippen molar-refractivity contribution in [3.63, 3.8) is 0 Å². The zero-order valence-corrected chi connectivity index (χ0v) is 25.9. The fourth-order valence-electron chi connectivity index (χ4n) is 6.04. The van der Waals surface area contributed by atoms with Crippen LogP contribution in [0, 0.1) is 20.8 Å². The summed E-state index contributed by atoms with van der Waals surface area (Å²) in [5, 5.41) is 4.60. The number of allylic oxidation sites excluding steroid dienone is 1. The summed E-state index contributed by atoms with van der Waals surface area (Å²) in [5.74, 6) is -0.966. The van der Waals surface area contributed by atoms with Crippen molar-refractivity contribution in [2.75, 3.05) is 17.2 Å². The SMILES string of the molecule is Cc1cc2c(c(C)c1C)N(CCCS(=O)(=O)O)C(=Cc1sc3ccc4cc5ccccc5cc4c3[n+]1CS(=O)(=O)O)C2. The zero-order valence-electron chi connectivity index (χ0n) is 23.5. The van der Waals surface area contributed by atoms with Crippen LogP contribution in [0.1, 0.15) is 33.7 Å². The number of aromatic nitrogens is 1. The van der Waals surface area contributed by atoms with E-state index in [0.717, 1.165) is 65.4 Å². The second kappa shape index (κ2) is 10.4. The summed E-state index contributed by atoms with van der Waals surface area (Å²) in [6.07, 6.45) is 2.74. The third-order valence-corrected chi connectivity index (χ3v) is 10.6. The molecule has 0 unspecified atom stereocenters. The van der Waals surface area contributed by atoms with E-state index in [1.807, 2.05) is 49.4 Å². The molecule has 1 aromatic heterocycles. The molecule has 0 saturated carbocycles. The number of rotatable bonds is 7. The topological polar surface area (TPSA) is 116 Å². The van der Waals surface area contributed by atoms with Crippen molar-refractivity contribution in [1.29, 1.82) is 0 Å². The highest BCUT2D eigenvalue weighted by Crippen LogP contribution is 2.41. The summed E-state index contributed by atoms with van der Waals surface area (Å²) >= 11 is 1.44. The molecule has 1 aliphatic rings. The Bertz CT molecular complexity index is 2170. The van der Waals surface area contributed by atoms with E-state index in [9.17, 15) is 25.9 Å². The largest absolute Gasteiger partial charge is 0.344 e. The van der Waals surface area contributed by atoms with E-state index in [0.29, 0.717) is 18.0 Å². The second-order valence-electron chi connectivity index (χ2n) is 11.0. The molecule has 2 heterocycles. The quantitative estimate of drug-likeness (QED) is 0.131. The van der Waals surface area contributed by atoms with Crippen molar-refractivity contribution in [3.05, 3.63) is 87.6 Å². The van der Waals surface area contributed by atoms with Gasteiger partial charge in [-0.05, 0) is 83.8 Å². The van der Waals surface area contributed by atoms with Gasteiger partial charge < -0.3 is 4.90 Å². The van der Waals surface area contributed by atoms with Gasteiger partial charge in [-0.2, -0.15) is 21.4 Å². The van der Waals surface area contributed by atoms with E-state index in [1.165, 1.54) is 11.3 Å². The smallest absolute Gasteiger partial charge is 0.326 e. The van der Waals surface area contributed by atoms with Gasteiger partial charge >= 0.3 is 10.1 Å². The first-order valence-corrected chi connectivity index (χ1v) is 17.6. The molecule has 0 radical (unpaired) electrons. The van der Waals surface area contributed by atoms with E-state index in [2.05, 4.69) is 36.9 Å². The molecule has 0 atom stereocenters. The Morgan fingerprint density at radius 1 is 0.905 bits per heavy atom. The lowest BCUT2D eigenvalue weighted by molar-refractivity contribution is -0.648. The van der Waals surface area contributed by atoms with E-state index >= 15 is 0 Å². The fraction of sp³-hybridized carbons (Fsp3) is 0.258. The molecule has 11 heteroatoms. The molecular weight excluding hydrogens is 593 g/mol. The van der Waals surface area contributed by atoms with Gasteiger partial charge in [0.05, 0.1) is 11.1 Å². The van der Waals surface area contributed by atoms with Crippen LogP contribution in [-0.2, 0) is 32.5 Å². The van der Waals surface area contributed by atoms with Gasteiger partial charge in [0.15, 0.2) is 0 Å². The van der Waals surface area contributed by atoms with Gasteiger partial charge in [-0.1, -0.05) is 47.7 Å². The van der Waals surface area contributed by atoms with Crippen molar-refractivity contribution < 1.29 is 30.5 Å². The molecule has 0 spiro atoms. The highest BCUT2D eigenvalue weighted by Gasteiger charge is 2.31. The molecule has 42 heavy (non-hydrogen) atoms. The van der Waals surface area contributed by atoms with Crippen molar-refractivity contribution in [3.8, 4) is 0 Å². The maximum absolute atomic E-state index is 12.3. The number of anilines is 1. The monoisotopic (exact) mass is 623 g/mol. The van der Waals surface area contributed by atoms with Crippen LogP contribution in [0.25, 0.3) is 37.8 Å². The lowest BCUT2D eigenvalue weighted by Gasteiger charge is -2.24. The molecule has 0 fully saturated rings. The number of benzene rings is 4. The minimum absolute atomic E-state index is 0.219. The molecule has 4 aromatic carbocycles. The van der Waals surface area contributed by atoms with E-state index in [-0.39, 0.29) is 12.2 Å². The molecule has 5 aromatic rings. The predicted octanol–water partition coefficient (Wildman–Crippen LogP) is 5.95. The normalized spacial score (nSPS) is 15.0. The van der Waals surface area contributed by atoms with Gasteiger partial charge in [0.1, 0.15) is 4.70 Å². The summed E-state index contributed by atoms with van der Waals surface area (Å²) < 4.78 is 69.5. The number of nitrogens with zero attached hydrogens (tertiary/aromatic N) is 2. The minimum atomic E-state index is -4.39. The van der Waals surface area contributed by atoms with E-state index in [1.54, 1.807) is 4.57 Å². The summed E-state index contributed by atoms with van der Waals surface area (Å²) in [5.41, 5.74) is 7.14. The Morgan fingerprint density at radius 3 is 2.31 bits per heavy atom. The summed E-state index contributed by atoms with van der Waals surface area (Å²) in [4.78, 5) is 2.08. The predicted molar refractivity (Wildman–Crippen MR) is 169 cm³/mol. The van der Waals surface area contributed by atoms with Gasteiger partial charge in [-0.3, -0.25) is 9.11 Å². The highest BCUT2D eigenvalue weighted by molar-refractivity contribution is 7.85. The molecule has 2 N–H and O–H groups in total. The first kappa shape index (κ1) is 28.8. The van der Waals surface area contributed by atoms with Crippen LogP contribution >= 0.6 is 11.3 Å². The Balaban J connectivity index is 1.56. The summed E-state index contributed by atoms with van der Waals surface area (Å²) in [6, 6.07) is 18.3. The molecular formula is C31H31N2O6S3+. The van der Waals surface area contributed by atoms with Gasteiger partial charge in [0.2, 0.25) is 5.52 Å². The number of hydrogen-bond donors (Lipinski definition) is 2. The van der Waals surface area contributed by atoms with Crippen LogP contribution in [-0.4, -0.2) is 38.2 Å². The van der Waals surface area contributed by atoms with Crippen molar-refractivity contribution in [2.24, 2.45) is 0 Å². The number of fused-ring (bicyclic) bond motifs is 5. The minimum Gasteiger partial charge on any atom is -0.344 e. The third kappa shape index (κ3) is 5.43. The molecule has 0 bridgehead atoms. The average Bonchev–Trinajstić information content (AvgIpc) is 3.42. The standard InChI is InChI=1S/C31H30N2O6S3/c1-19-13-25-15-26(32(11-6-12-41(34,35)36)30(25)21(3)20(19)2)17-29-33(18-42(37,38)39)31-27-16-23-8-5-4-7-22(23)14-24(27)9-10-28(31)40-29/h4-5,7-10,13-14,16-17H,6,11-12,15,18H2,1-3H3,(H-,34,35,36,37,38,39)/p+1. The number of thiazole rings is 1. The molecule has 218 valence electrons. The lowest BCUT2D eigenvalue weighted by Crippen LogP contribution is -2.39. The molecule has 6 rings (SSSR count). The maximum atomic E-state index is 12.3. The summed E-state index contributed by atoms with van der Waals surface area (Å²) in [6.45, 7) is 6.53. The average molecular weight is 624 g/mol. The molecule has 0 saturated heterocycles. The molecule has 0 aliphatic carbocycles. The Morgan fingerprint density at radius 2 is 1.62 bits per heavy atom. The second-order valence-corrected chi connectivity index (χ2v) is 15.0. The Hall–Kier alpha value is -3.35. The van der Waals surface area contributed by atoms with Crippen LogP contribution in [0.15, 0.2) is 60.3 Å². The number of hydrogen-bond acceptors (Lipinski definition) is 6. The van der Waals surface area contributed by atoms with Crippen LogP contribution in [0.3, 0.4) is 0 Å². The van der Waals surface area contributed by atoms with Crippen LogP contribution in [0.2, 0.25) is 0 Å². The number of aryl methyl sites for hydroxylation is 1. The van der Waals surface area contributed by atoms with Crippen molar-refractivity contribution >= 4 is 75.1 Å². The first-order valence-electron chi connectivity index (χ1n) is 13.5. The first-order chi connectivity index (χ1) is 19.8.